The standard InChI is InChI=1S/C24H38FNO2/c1-4-5-6-7-15-24(2,3)23(27)28-19-21-13-17-26(18-14-21)16-12-20-8-10-22(25)11-9-20/h8-11,21H,4-7,12-19H2,1-3H3. The van der Waals surface area contributed by atoms with E-state index in [4.69, 9.17) is 4.74 Å². The molecule has 0 unspecified atom stereocenters. The van der Waals surface area contributed by atoms with E-state index in [0.717, 1.165) is 51.7 Å². The van der Waals surface area contributed by atoms with Gasteiger partial charge in [-0.1, -0.05) is 44.7 Å². The molecule has 1 aliphatic heterocycles. The van der Waals surface area contributed by atoms with Crippen molar-refractivity contribution in [2.75, 3.05) is 26.2 Å². The molecule has 4 heteroatoms. The molecule has 2 rings (SSSR count). The number of benzene rings is 1. The molecule has 0 aliphatic carbocycles. The van der Waals surface area contributed by atoms with E-state index in [1.807, 2.05) is 26.0 Å². The smallest absolute Gasteiger partial charge is 0.311 e. The van der Waals surface area contributed by atoms with E-state index in [1.54, 1.807) is 0 Å². The Balaban J connectivity index is 1.62. The van der Waals surface area contributed by atoms with Gasteiger partial charge in [0.25, 0.3) is 0 Å². The first-order chi connectivity index (χ1) is 13.4. The predicted octanol–water partition coefficient (Wildman–Crippen LogP) is 5.62. The molecule has 3 nitrogen and oxygen atoms in total. The van der Waals surface area contributed by atoms with Gasteiger partial charge >= 0.3 is 5.97 Å². The minimum absolute atomic E-state index is 0.0391. The highest BCUT2D eigenvalue weighted by atomic mass is 19.1. The average molecular weight is 392 g/mol. The van der Waals surface area contributed by atoms with Gasteiger partial charge in [0.05, 0.1) is 12.0 Å². The Morgan fingerprint density at radius 1 is 1.14 bits per heavy atom. The molecule has 0 bridgehead atoms. The van der Waals surface area contributed by atoms with Crippen LogP contribution in [0.5, 0.6) is 0 Å². The zero-order valence-corrected chi connectivity index (χ0v) is 18.0. The number of likely N-dealkylation sites (tertiary alicyclic amines) is 1. The van der Waals surface area contributed by atoms with Crippen LogP contribution < -0.4 is 0 Å². The SMILES string of the molecule is CCCCCCC(C)(C)C(=O)OCC1CCN(CCc2ccc(F)cc2)CC1. The zero-order valence-electron chi connectivity index (χ0n) is 18.0. The normalized spacial score (nSPS) is 16.3. The highest BCUT2D eigenvalue weighted by Gasteiger charge is 2.30. The minimum Gasteiger partial charge on any atom is -0.465 e. The van der Waals surface area contributed by atoms with Crippen LogP contribution in [0.2, 0.25) is 0 Å². The molecule has 0 N–H and O–H groups in total. The number of rotatable bonds is 11. The highest BCUT2D eigenvalue weighted by molar-refractivity contribution is 5.75. The van der Waals surface area contributed by atoms with Crippen LogP contribution in [-0.2, 0) is 16.0 Å². The van der Waals surface area contributed by atoms with Gasteiger partial charge in [0.15, 0.2) is 0 Å². The Labute approximate surface area is 170 Å². The molecule has 0 spiro atoms. The Kier molecular flexibility index (Phi) is 9.43. The van der Waals surface area contributed by atoms with Gasteiger partial charge in [-0.05, 0) is 76.2 Å². The summed E-state index contributed by atoms with van der Waals surface area (Å²) in [6.07, 6.45) is 8.77. The number of unbranched alkanes of at least 4 members (excludes halogenated alkanes) is 3. The molecule has 1 fully saturated rings. The lowest BCUT2D eigenvalue weighted by Crippen LogP contribution is -2.37. The molecule has 0 radical (unpaired) electrons. The van der Waals surface area contributed by atoms with Crippen molar-refractivity contribution in [1.82, 2.24) is 4.90 Å². The molecule has 1 aromatic rings. The van der Waals surface area contributed by atoms with Crippen molar-refractivity contribution in [2.24, 2.45) is 11.3 Å². The summed E-state index contributed by atoms with van der Waals surface area (Å²) >= 11 is 0. The fraction of sp³-hybridized carbons (Fsp3) is 0.708. The number of hydrogen-bond donors (Lipinski definition) is 0. The monoisotopic (exact) mass is 391 g/mol. The number of halogens is 1. The molecule has 1 aliphatic rings. The summed E-state index contributed by atoms with van der Waals surface area (Å²) in [5.74, 6) is 0.257. The van der Waals surface area contributed by atoms with Crippen molar-refractivity contribution >= 4 is 5.97 Å². The minimum atomic E-state index is -0.371. The van der Waals surface area contributed by atoms with Crippen LogP contribution in [0.3, 0.4) is 0 Å². The number of carbonyl (C=O) groups is 1. The Bertz CT molecular complexity index is 577. The predicted molar refractivity (Wildman–Crippen MR) is 113 cm³/mol. The van der Waals surface area contributed by atoms with E-state index in [1.165, 1.54) is 37.0 Å². The molecule has 1 saturated heterocycles. The van der Waals surface area contributed by atoms with Crippen molar-refractivity contribution in [3.63, 3.8) is 0 Å². The first-order valence-corrected chi connectivity index (χ1v) is 11.0. The van der Waals surface area contributed by atoms with E-state index in [0.29, 0.717) is 12.5 Å². The molecule has 0 amide bonds. The van der Waals surface area contributed by atoms with Crippen molar-refractivity contribution in [3.8, 4) is 0 Å². The fourth-order valence-corrected chi connectivity index (χ4v) is 3.80. The van der Waals surface area contributed by atoms with Gasteiger partial charge in [0.2, 0.25) is 0 Å². The Morgan fingerprint density at radius 2 is 1.82 bits per heavy atom. The van der Waals surface area contributed by atoms with E-state index < -0.39 is 0 Å². The van der Waals surface area contributed by atoms with Crippen LogP contribution in [0.25, 0.3) is 0 Å². The quantitative estimate of drug-likeness (QED) is 0.362. The number of ether oxygens (including phenoxy) is 1. The fourth-order valence-electron chi connectivity index (χ4n) is 3.80. The molecule has 0 saturated carbocycles. The number of hydrogen-bond acceptors (Lipinski definition) is 3. The summed E-state index contributed by atoms with van der Waals surface area (Å²) in [6.45, 7) is 9.88. The second-order valence-corrected chi connectivity index (χ2v) is 8.95. The van der Waals surface area contributed by atoms with Crippen molar-refractivity contribution < 1.29 is 13.9 Å². The molecule has 28 heavy (non-hydrogen) atoms. The maximum atomic E-state index is 13.0. The lowest BCUT2D eigenvalue weighted by molar-refractivity contribution is -0.156. The third-order valence-corrected chi connectivity index (χ3v) is 6.00. The van der Waals surface area contributed by atoms with Gasteiger partial charge in [-0.15, -0.1) is 0 Å². The first-order valence-electron chi connectivity index (χ1n) is 11.0. The van der Waals surface area contributed by atoms with Crippen LogP contribution in [0, 0.1) is 17.2 Å². The molecule has 0 aromatic heterocycles. The summed E-state index contributed by atoms with van der Waals surface area (Å²) in [5, 5.41) is 0. The van der Waals surface area contributed by atoms with Gasteiger partial charge in [0.1, 0.15) is 5.82 Å². The molecule has 0 atom stereocenters. The van der Waals surface area contributed by atoms with E-state index in [9.17, 15) is 9.18 Å². The summed E-state index contributed by atoms with van der Waals surface area (Å²) in [5.41, 5.74) is 0.808. The summed E-state index contributed by atoms with van der Waals surface area (Å²) in [6, 6.07) is 6.79. The second-order valence-electron chi connectivity index (χ2n) is 8.95. The first kappa shape index (κ1) is 22.9. The van der Waals surface area contributed by atoms with Gasteiger partial charge in [0, 0.05) is 6.54 Å². The zero-order chi connectivity index (χ0) is 20.4. The van der Waals surface area contributed by atoms with Gasteiger partial charge in [-0.3, -0.25) is 4.79 Å². The lowest BCUT2D eigenvalue weighted by Gasteiger charge is -2.32. The molecule has 1 heterocycles. The van der Waals surface area contributed by atoms with Gasteiger partial charge in [-0.25, -0.2) is 4.39 Å². The third kappa shape index (κ3) is 7.90. The average Bonchev–Trinajstić information content (AvgIpc) is 2.70. The number of esters is 1. The summed E-state index contributed by atoms with van der Waals surface area (Å²) in [4.78, 5) is 14.9. The van der Waals surface area contributed by atoms with E-state index in [2.05, 4.69) is 11.8 Å². The topological polar surface area (TPSA) is 29.5 Å². The Morgan fingerprint density at radius 3 is 2.46 bits per heavy atom. The van der Waals surface area contributed by atoms with Gasteiger partial charge in [-0.2, -0.15) is 0 Å². The van der Waals surface area contributed by atoms with Crippen molar-refractivity contribution in [2.45, 2.75) is 72.1 Å². The molecule has 1 aromatic carbocycles. The molecular weight excluding hydrogens is 353 g/mol. The van der Waals surface area contributed by atoms with Crippen molar-refractivity contribution in [1.29, 1.82) is 0 Å². The van der Waals surface area contributed by atoms with E-state index in [-0.39, 0.29) is 17.2 Å². The van der Waals surface area contributed by atoms with Crippen LogP contribution in [0.15, 0.2) is 24.3 Å². The number of nitrogens with zero attached hydrogens (tertiary/aromatic N) is 1. The van der Waals surface area contributed by atoms with Crippen LogP contribution in [0.1, 0.15) is 71.3 Å². The highest BCUT2D eigenvalue weighted by Crippen LogP contribution is 2.27. The van der Waals surface area contributed by atoms with Crippen LogP contribution in [-0.4, -0.2) is 37.1 Å². The van der Waals surface area contributed by atoms with Crippen LogP contribution in [0.4, 0.5) is 4.39 Å². The lowest BCUT2D eigenvalue weighted by atomic mass is 9.87. The molecule has 158 valence electrons. The second kappa shape index (κ2) is 11.5. The summed E-state index contributed by atoms with van der Waals surface area (Å²) < 4.78 is 18.7. The largest absolute Gasteiger partial charge is 0.465 e. The van der Waals surface area contributed by atoms with Gasteiger partial charge < -0.3 is 9.64 Å². The number of carbonyl (C=O) groups excluding carboxylic acids is 1. The third-order valence-electron chi connectivity index (χ3n) is 6.00. The number of piperidine rings is 1. The van der Waals surface area contributed by atoms with E-state index >= 15 is 0 Å². The molecular formula is C24H38FNO2. The Hall–Kier alpha value is -1.42. The van der Waals surface area contributed by atoms with Crippen molar-refractivity contribution in [3.05, 3.63) is 35.6 Å². The van der Waals surface area contributed by atoms with Crippen LogP contribution >= 0.6 is 0 Å². The summed E-state index contributed by atoms with van der Waals surface area (Å²) in [7, 11) is 0. The maximum Gasteiger partial charge on any atom is 0.311 e. The maximum absolute atomic E-state index is 13.0.